The first-order valence-corrected chi connectivity index (χ1v) is 17.9. The summed E-state index contributed by atoms with van der Waals surface area (Å²) in [5, 5.41) is 2.40. The number of aliphatic imine (C=N–C) groups is 1. The molecule has 0 aliphatic rings. The molecule has 4 nitrogen and oxygen atoms in total. The second-order valence-electron chi connectivity index (χ2n) is 13.1. The minimum absolute atomic E-state index is 0.794. The summed E-state index contributed by atoms with van der Waals surface area (Å²) in [6.07, 6.45) is 18.1. The van der Waals surface area contributed by atoms with E-state index in [1.165, 1.54) is 33.0 Å². The number of allylic oxidation sites excluding steroid dienone is 7. The van der Waals surface area contributed by atoms with E-state index in [1.54, 1.807) is 12.3 Å². The number of hydrogen-bond donors (Lipinski definition) is 0. The lowest BCUT2D eigenvalue weighted by atomic mass is 9.89. The quantitative estimate of drug-likeness (QED) is 0.100. The van der Waals surface area contributed by atoms with Crippen molar-refractivity contribution in [2.45, 2.75) is 27.2 Å². The first kappa shape index (κ1) is 34.8. The molecule has 0 aliphatic carbocycles. The average molecular weight is 687 g/mol. The summed E-state index contributed by atoms with van der Waals surface area (Å²) in [5.74, 6) is 0. The Hall–Kier alpha value is -6.65. The number of aromatic nitrogens is 3. The first-order valence-electron chi connectivity index (χ1n) is 17.9. The minimum atomic E-state index is 0.794. The molecular weight excluding hydrogens is 645 g/mol. The van der Waals surface area contributed by atoms with Gasteiger partial charge in [0.2, 0.25) is 0 Å². The number of fused-ring (bicyclic) bond motifs is 3. The monoisotopic (exact) mass is 686 g/mol. The zero-order valence-corrected chi connectivity index (χ0v) is 30.5. The Balaban J connectivity index is 1.28. The highest BCUT2D eigenvalue weighted by atomic mass is 15.0. The van der Waals surface area contributed by atoms with Crippen LogP contribution in [0.4, 0.5) is 0 Å². The number of aryl methyl sites for hydroxylation is 2. The molecule has 0 saturated heterocycles. The summed E-state index contributed by atoms with van der Waals surface area (Å²) in [7, 11) is 0. The molecule has 0 bridgehead atoms. The van der Waals surface area contributed by atoms with Crippen molar-refractivity contribution in [3.05, 3.63) is 205 Å². The standard InChI is InChI=1S/C49H42N4/c1-6-7-27-50-37(5)44-33-43(36(4)30-45(44)47-21-14-16-29-52-47)42-32-40(25-23-35(42)3)53-48-22-12-11-20-41(48)46-31-38(24-26-49(46)53)34(2)17-9-8-10-18-39-19-13-15-28-51-39/h6-17,19-33H,1-2,18H2,3-5H3/b10-8-,17-9-,27-7-,50-37?. The van der Waals surface area contributed by atoms with Crippen molar-refractivity contribution in [2.24, 2.45) is 4.99 Å². The highest BCUT2D eigenvalue weighted by molar-refractivity contribution is 6.10. The van der Waals surface area contributed by atoms with Crippen LogP contribution in [0.15, 0.2) is 182 Å². The van der Waals surface area contributed by atoms with E-state index in [1.807, 2.05) is 54.9 Å². The molecule has 0 radical (unpaired) electrons. The van der Waals surface area contributed by atoms with E-state index >= 15 is 0 Å². The van der Waals surface area contributed by atoms with Crippen LogP contribution in [0.25, 0.3) is 55.5 Å². The van der Waals surface area contributed by atoms with Crippen LogP contribution in [0, 0.1) is 13.8 Å². The molecule has 7 rings (SSSR count). The third-order valence-electron chi connectivity index (χ3n) is 9.60. The zero-order chi connectivity index (χ0) is 36.7. The molecular formula is C49H42N4. The number of hydrogen-bond acceptors (Lipinski definition) is 3. The smallest absolute Gasteiger partial charge is 0.0708 e. The van der Waals surface area contributed by atoms with Gasteiger partial charge in [0, 0.05) is 64.0 Å². The van der Waals surface area contributed by atoms with Crippen LogP contribution in [-0.2, 0) is 6.42 Å². The molecule has 0 unspecified atom stereocenters. The number of benzene rings is 4. The summed E-state index contributed by atoms with van der Waals surface area (Å²) in [5.41, 5.74) is 15.2. The molecule has 0 atom stereocenters. The summed E-state index contributed by atoms with van der Waals surface area (Å²) in [6.45, 7) is 14.6. The SMILES string of the molecule is C=C/C=C\N=C(C)c1cc(-c2cc(-n3c4ccccc4c4cc(C(=C)/C=C\C=C/Cc5ccccn5)ccc43)ccc2C)c(C)cc1-c1ccccn1. The van der Waals surface area contributed by atoms with Crippen molar-refractivity contribution in [3.63, 3.8) is 0 Å². The molecule has 258 valence electrons. The van der Waals surface area contributed by atoms with E-state index < -0.39 is 0 Å². The maximum absolute atomic E-state index is 4.76. The first-order chi connectivity index (χ1) is 25.9. The van der Waals surface area contributed by atoms with E-state index in [0.717, 1.165) is 62.5 Å². The van der Waals surface area contributed by atoms with Gasteiger partial charge in [0.15, 0.2) is 0 Å². The molecule has 4 aromatic carbocycles. The number of para-hydroxylation sites is 1. The molecule has 4 heteroatoms. The fourth-order valence-electron chi connectivity index (χ4n) is 6.86. The second kappa shape index (κ2) is 15.7. The van der Waals surface area contributed by atoms with Crippen LogP contribution in [0.2, 0.25) is 0 Å². The Bertz CT molecular complexity index is 2580. The van der Waals surface area contributed by atoms with E-state index in [-0.39, 0.29) is 0 Å². The van der Waals surface area contributed by atoms with Crippen molar-refractivity contribution in [2.75, 3.05) is 0 Å². The Labute approximate surface area is 312 Å². The molecule has 0 N–H and O–H groups in total. The van der Waals surface area contributed by atoms with Crippen molar-refractivity contribution in [3.8, 4) is 28.1 Å². The minimum Gasteiger partial charge on any atom is -0.309 e. The summed E-state index contributed by atoms with van der Waals surface area (Å²) in [6, 6.07) is 38.6. The lowest BCUT2D eigenvalue weighted by Gasteiger charge is -2.18. The largest absolute Gasteiger partial charge is 0.309 e. The maximum Gasteiger partial charge on any atom is 0.0708 e. The van der Waals surface area contributed by atoms with Gasteiger partial charge in [0.25, 0.3) is 0 Å². The fraction of sp³-hybridized carbons (Fsp3) is 0.0816. The maximum atomic E-state index is 4.76. The average Bonchev–Trinajstić information content (AvgIpc) is 3.52. The summed E-state index contributed by atoms with van der Waals surface area (Å²) < 4.78 is 2.38. The Morgan fingerprint density at radius 2 is 1.49 bits per heavy atom. The molecule has 3 heterocycles. The molecule has 0 saturated carbocycles. The lowest BCUT2D eigenvalue weighted by molar-refractivity contribution is 1.11. The molecule has 7 aromatic rings. The normalized spacial score (nSPS) is 12.2. The van der Waals surface area contributed by atoms with Gasteiger partial charge >= 0.3 is 0 Å². The van der Waals surface area contributed by atoms with E-state index in [9.17, 15) is 0 Å². The van der Waals surface area contributed by atoms with Crippen LogP contribution < -0.4 is 0 Å². The van der Waals surface area contributed by atoms with Crippen LogP contribution in [-0.4, -0.2) is 20.2 Å². The highest BCUT2D eigenvalue weighted by Gasteiger charge is 2.18. The van der Waals surface area contributed by atoms with Crippen molar-refractivity contribution < 1.29 is 0 Å². The second-order valence-corrected chi connectivity index (χ2v) is 13.1. The third kappa shape index (κ3) is 7.40. The Morgan fingerprint density at radius 1 is 0.717 bits per heavy atom. The fourth-order valence-corrected chi connectivity index (χ4v) is 6.86. The van der Waals surface area contributed by atoms with Crippen molar-refractivity contribution in [1.82, 2.24) is 14.5 Å². The summed E-state index contributed by atoms with van der Waals surface area (Å²) >= 11 is 0. The molecule has 0 fully saturated rings. The van der Waals surface area contributed by atoms with Gasteiger partial charge < -0.3 is 4.57 Å². The predicted molar refractivity (Wildman–Crippen MR) is 226 cm³/mol. The van der Waals surface area contributed by atoms with Gasteiger partial charge in [-0.05, 0) is 127 Å². The van der Waals surface area contributed by atoms with Crippen LogP contribution in [0.1, 0.15) is 34.9 Å². The van der Waals surface area contributed by atoms with E-state index in [2.05, 4.69) is 141 Å². The van der Waals surface area contributed by atoms with Gasteiger partial charge in [-0.15, -0.1) is 0 Å². The van der Waals surface area contributed by atoms with E-state index in [4.69, 9.17) is 9.98 Å². The van der Waals surface area contributed by atoms with Crippen LogP contribution in [0.3, 0.4) is 0 Å². The molecule has 0 spiro atoms. The van der Waals surface area contributed by atoms with Gasteiger partial charge in [-0.1, -0.05) is 86.0 Å². The van der Waals surface area contributed by atoms with Gasteiger partial charge in [0.1, 0.15) is 0 Å². The van der Waals surface area contributed by atoms with Gasteiger partial charge in [-0.2, -0.15) is 0 Å². The number of pyridine rings is 2. The van der Waals surface area contributed by atoms with Crippen molar-refractivity contribution in [1.29, 1.82) is 0 Å². The number of nitrogens with zero attached hydrogens (tertiary/aromatic N) is 4. The number of rotatable bonds is 11. The lowest BCUT2D eigenvalue weighted by Crippen LogP contribution is -2.02. The molecule has 53 heavy (non-hydrogen) atoms. The Morgan fingerprint density at radius 3 is 2.28 bits per heavy atom. The molecule has 3 aromatic heterocycles. The topological polar surface area (TPSA) is 43.1 Å². The third-order valence-corrected chi connectivity index (χ3v) is 9.60. The predicted octanol–water partition coefficient (Wildman–Crippen LogP) is 12.4. The highest BCUT2D eigenvalue weighted by Crippen LogP contribution is 2.38. The van der Waals surface area contributed by atoms with E-state index in [0.29, 0.717) is 0 Å². The van der Waals surface area contributed by atoms with Crippen LogP contribution >= 0.6 is 0 Å². The van der Waals surface area contributed by atoms with Gasteiger partial charge in [0.05, 0.1) is 16.7 Å². The zero-order valence-electron chi connectivity index (χ0n) is 30.5. The van der Waals surface area contributed by atoms with Gasteiger partial charge in [-0.3, -0.25) is 15.0 Å². The summed E-state index contributed by atoms with van der Waals surface area (Å²) in [4.78, 5) is 13.8. The Kier molecular flexibility index (Phi) is 10.3. The van der Waals surface area contributed by atoms with Crippen LogP contribution in [0.5, 0.6) is 0 Å². The van der Waals surface area contributed by atoms with Crippen molar-refractivity contribution >= 4 is 33.1 Å². The molecule has 0 aliphatic heterocycles. The van der Waals surface area contributed by atoms with Gasteiger partial charge in [-0.25, -0.2) is 0 Å². The molecule has 0 amide bonds.